The zero-order chi connectivity index (χ0) is 11.7. The van der Waals surface area contributed by atoms with E-state index in [0.29, 0.717) is 0 Å². The van der Waals surface area contributed by atoms with Crippen molar-refractivity contribution in [3.63, 3.8) is 0 Å². The summed E-state index contributed by atoms with van der Waals surface area (Å²) in [6.45, 7) is 12.3. The van der Waals surface area contributed by atoms with Gasteiger partial charge in [-0.15, -0.1) is 0 Å². The lowest BCUT2D eigenvalue weighted by Crippen LogP contribution is -1.77. The van der Waals surface area contributed by atoms with Crippen LogP contribution in [0.5, 0.6) is 0 Å². The number of rotatable bonds is 6. The second-order valence-electron chi connectivity index (χ2n) is 4.26. The smallest absolute Gasteiger partial charge is 0.0988 e. The van der Waals surface area contributed by atoms with Crippen LogP contribution in [0.15, 0.2) is 47.6 Å². The monoisotopic (exact) mass is 205 g/mol. The molecule has 0 bridgehead atoms. The fourth-order valence-electron chi connectivity index (χ4n) is 1.22. The summed E-state index contributed by atoms with van der Waals surface area (Å²) in [5, 5.41) is 0. The van der Waals surface area contributed by atoms with E-state index in [4.69, 9.17) is 0 Å². The maximum absolute atomic E-state index is 3.73. The third-order valence-corrected chi connectivity index (χ3v) is 2.32. The molecule has 0 fully saturated rings. The Morgan fingerprint density at radius 3 is 2.27 bits per heavy atom. The molecule has 0 atom stereocenters. The predicted molar refractivity (Wildman–Crippen MR) is 72.1 cm³/mol. The number of allylic oxidation sites excluding steroid dienone is 7. The highest BCUT2D eigenvalue weighted by molar-refractivity contribution is 5.15. The minimum atomic E-state index is 0. The molecule has 0 aliphatic heterocycles. The quantitative estimate of drug-likeness (QED) is 0.407. The highest BCUT2D eigenvalue weighted by Crippen LogP contribution is 2.08. The van der Waals surface area contributed by atoms with Gasteiger partial charge >= 0.3 is 1.43 Å². The van der Waals surface area contributed by atoms with Crippen LogP contribution in [0.3, 0.4) is 0 Å². The number of hydrogen-bond donors (Lipinski definition) is 0. The molecule has 15 heavy (non-hydrogen) atoms. The lowest BCUT2D eigenvalue weighted by molar-refractivity contribution is 0.958. The highest BCUT2D eigenvalue weighted by atomic mass is 13.9. The van der Waals surface area contributed by atoms with E-state index in [-0.39, 0.29) is 1.43 Å². The normalized spacial score (nSPS) is 12.5. The summed E-state index contributed by atoms with van der Waals surface area (Å²) in [5.41, 5.74) is 4.13. The molecule has 0 heteroatoms. The Bertz CT molecular complexity index is 276. The van der Waals surface area contributed by atoms with E-state index < -0.39 is 0 Å². The first-order valence-corrected chi connectivity index (χ1v) is 5.64. The van der Waals surface area contributed by atoms with Gasteiger partial charge in [-0.05, 0) is 47.0 Å². The van der Waals surface area contributed by atoms with Crippen molar-refractivity contribution in [2.75, 3.05) is 0 Å². The van der Waals surface area contributed by atoms with Crippen LogP contribution >= 0.6 is 0 Å². The SMILES string of the molecule is C=C/C(C)=C/C/C=C(\C)CCC=C(C)C.[H+]. The molecular weight excluding hydrogens is 180 g/mol. The lowest BCUT2D eigenvalue weighted by atomic mass is 10.1. The van der Waals surface area contributed by atoms with Gasteiger partial charge in [-0.1, -0.05) is 47.6 Å². The van der Waals surface area contributed by atoms with Crippen molar-refractivity contribution >= 4 is 0 Å². The van der Waals surface area contributed by atoms with Crippen LogP contribution in [0.25, 0.3) is 0 Å². The van der Waals surface area contributed by atoms with E-state index in [2.05, 4.69) is 52.5 Å². The Morgan fingerprint density at radius 1 is 1.07 bits per heavy atom. The molecular formula is C15H25+. The van der Waals surface area contributed by atoms with Crippen molar-refractivity contribution in [2.24, 2.45) is 0 Å². The van der Waals surface area contributed by atoms with E-state index in [9.17, 15) is 0 Å². The van der Waals surface area contributed by atoms with Crippen LogP contribution in [-0.2, 0) is 0 Å². The minimum Gasteiger partial charge on any atom is -0.0988 e. The van der Waals surface area contributed by atoms with Gasteiger partial charge < -0.3 is 0 Å². The Kier molecular flexibility index (Phi) is 7.71. The molecule has 0 heterocycles. The zero-order valence-corrected chi connectivity index (χ0v) is 10.6. The Labute approximate surface area is 96.6 Å². The van der Waals surface area contributed by atoms with E-state index in [1.54, 1.807) is 0 Å². The van der Waals surface area contributed by atoms with Crippen LogP contribution in [-0.4, -0.2) is 0 Å². The van der Waals surface area contributed by atoms with Gasteiger partial charge in [0, 0.05) is 0 Å². The number of hydrogen-bond acceptors (Lipinski definition) is 0. The predicted octanol–water partition coefficient (Wildman–Crippen LogP) is 5.31. The van der Waals surface area contributed by atoms with Gasteiger partial charge in [-0.25, -0.2) is 0 Å². The summed E-state index contributed by atoms with van der Waals surface area (Å²) in [7, 11) is 0. The Balaban J connectivity index is 0. The summed E-state index contributed by atoms with van der Waals surface area (Å²) in [5.74, 6) is 0. The van der Waals surface area contributed by atoms with E-state index in [1.807, 2.05) is 6.08 Å². The van der Waals surface area contributed by atoms with Crippen LogP contribution in [0.1, 0.15) is 48.4 Å². The van der Waals surface area contributed by atoms with Gasteiger partial charge in [0.25, 0.3) is 0 Å². The average molecular weight is 205 g/mol. The van der Waals surface area contributed by atoms with Crippen molar-refractivity contribution in [2.45, 2.75) is 47.0 Å². The fourth-order valence-corrected chi connectivity index (χ4v) is 1.22. The first-order valence-electron chi connectivity index (χ1n) is 5.64. The summed E-state index contributed by atoms with van der Waals surface area (Å²) in [6, 6.07) is 0. The molecule has 0 unspecified atom stereocenters. The zero-order valence-electron chi connectivity index (χ0n) is 11.6. The molecule has 0 N–H and O–H groups in total. The van der Waals surface area contributed by atoms with Crippen LogP contribution in [0, 0.1) is 0 Å². The maximum Gasteiger partial charge on any atom is 1.00 e. The molecule has 0 aromatic heterocycles. The van der Waals surface area contributed by atoms with Gasteiger partial charge in [0.05, 0.1) is 0 Å². The van der Waals surface area contributed by atoms with E-state index in [1.165, 1.54) is 23.1 Å². The molecule has 0 aromatic carbocycles. The molecule has 0 nitrogen and oxygen atoms in total. The Hall–Kier alpha value is -1.04. The molecule has 0 rings (SSSR count). The molecule has 0 aliphatic carbocycles. The second-order valence-corrected chi connectivity index (χ2v) is 4.26. The van der Waals surface area contributed by atoms with Gasteiger partial charge in [0.2, 0.25) is 0 Å². The summed E-state index contributed by atoms with van der Waals surface area (Å²) < 4.78 is 0. The second kappa shape index (κ2) is 8.28. The summed E-state index contributed by atoms with van der Waals surface area (Å²) in [6.07, 6.45) is 12.1. The van der Waals surface area contributed by atoms with Crippen LogP contribution in [0.4, 0.5) is 0 Å². The standard InChI is InChI=1S/C15H24/c1-6-14(4)10-8-12-15(5)11-7-9-13(2)3/h6,9-10,12H,1,7-8,11H2,2-5H3/p+1/b14-10+,15-12+. The van der Waals surface area contributed by atoms with Crippen molar-refractivity contribution in [1.29, 1.82) is 0 Å². The molecule has 0 aromatic rings. The molecule has 84 valence electrons. The molecule has 0 spiro atoms. The van der Waals surface area contributed by atoms with Gasteiger partial charge in [0.1, 0.15) is 0 Å². The average Bonchev–Trinajstić information content (AvgIpc) is 2.17. The van der Waals surface area contributed by atoms with Crippen molar-refractivity contribution < 1.29 is 1.43 Å². The van der Waals surface area contributed by atoms with Crippen molar-refractivity contribution in [3.05, 3.63) is 47.6 Å². The molecule has 0 radical (unpaired) electrons. The van der Waals surface area contributed by atoms with Crippen molar-refractivity contribution in [3.8, 4) is 0 Å². The van der Waals surface area contributed by atoms with Gasteiger partial charge in [-0.2, -0.15) is 0 Å². The molecule has 0 amide bonds. The van der Waals surface area contributed by atoms with Crippen molar-refractivity contribution in [1.82, 2.24) is 0 Å². The first-order chi connectivity index (χ1) is 7.06. The van der Waals surface area contributed by atoms with E-state index in [0.717, 1.165) is 12.8 Å². The summed E-state index contributed by atoms with van der Waals surface area (Å²) >= 11 is 0. The topological polar surface area (TPSA) is 0 Å². The van der Waals surface area contributed by atoms with Crippen LogP contribution < -0.4 is 0 Å². The molecule has 0 aliphatic rings. The fraction of sp³-hybridized carbons (Fsp3) is 0.467. The Morgan fingerprint density at radius 2 is 1.73 bits per heavy atom. The highest BCUT2D eigenvalue weighted by Gasteiger charge is 1.88. The van der Waals surface area contributed by atoms with Gasteiger partial charge in [-0.3, -0.25) is 0 Å². The third kappa shape index (κ3) is 9.27. The molecule has 0 saturated carbocycles. The third-order valence-electron chi connectivity index (χ3n) is 2.32. The summed E-state index contributed by atoms with van der Waals surface area (Å²) in [4.78, 5) is 0. The largest absolute Gasteiger partial charge is 1.00 e. The first kappa shape index (κ1) is 14.0. The molecule has 0 saturated heterocycles. The lowest BCUT2D eigenvalue weighted by Gasteiger charge is -1.98. The maximum atomic E-state index is 3.73. The minimum absolute atomic E-state index is 0. The van der Waals surface area contributed by atoms with Gasteiger partial charge in [0.15, 0.2) is 0 Å². The van der Waals surface area contributed by atoms with E-state index >= 15 is 0 Å². The van der Waals surface area contributed by atoms with Crippen LogP contribution in [0.2, 0.25) is 0 Å².